The van der Waals surface area contributed by atoms with Gasteiger partial charge < -0.3 is 10.9 Å². The van der Waals surface area contributed by atoms with Crippen molar-refractivity contribution in [1.29, 1.82) is 0 Å². The van der Waals surface area contributed by atoms with E-state index in [0.29, 0.717) is 11.5 Å². The number of rotatable bonds is 2. The SMILES string of the molecule is N/C(=N/O)c1cccn1-c1nccn2nccc12. The van der Waals surface area contributed by atoms with Crippen LogP contribution in [0.4, 0.5) is 0 Å². The summed E-state index contributed by atoms with van der Waals surface area (Å²) in [7, 11) is 0. The Morgan fingerprint density at radius 2 is 2.17 bits per heavy atom. The zero-order valence-corrected chi connectivity index (χ0v) is 9.30. The highest BCUT2D eigenvalue weighted by molar-refractivity contribution is 5.96. The van der Waals surface area contributed by atoms with Crippen molar-refractivity contribution in [3.63, 3.8) is 0 Å². The van der Waals surface area contributed by atoms with Crippen molar-refractivity contribution in [3.05, 3.63) is 48.7 Å². The number of hydrogen-bond acceptors (Lipinski definition) is 4. The molecular weight excluding hydrogens is 232 g/mol. The van der Waals surface area contributed by atoms with E-state index in [9.17, 15) is 0 Å². The van der Waals surface area contributed by atoms with E-state index in [2.05, 4.69) is 15.2 Å². The molecule has 0 bridgehead atoms. The zero-order valence-electron chi connectivity index (χ0n) is 9.30. The minimum atomic E-state index is 0.0309. The minimum Gasteiger partial charge on any atom is -0.409 e. The van der Waals surface area contributed by atoms with Crippen LogP contribution in [0, 0.1) is 0 Å². The molecule has 0 amide bonds. The molecule has 3 heterocycles. The molecule has 0 atom stereocenters. The predicted octanol–water partition coefficient (Wildman–Crippen LogP) is 0.614. The summed E-state index contributed by atoms with van der Waals surface area (Å²) in [5, 5.41) is 15.9. The first-order valence-electron chi connectivity index (χ1n) is 5.25. The van der Waals surface area contributed by atoms with Crippen LogP contribution in [0.3, 0.4) is 0 Å². The fraction of sp³-hybridized carbons (Fsp3) is 0. The van der Waals surface area contributed by atoms with Crippen LogP contribution in [-0.4, -0.2) is 30.2 Å². The van der Waals surface area contributed by atoms with Crippen LogP contribution < -0.4 is 5.73 Å². The Kier molecular flexibility index (Phi) is 2.23. The summed E-state index contributed by atoms with van der Waals surface area (Å²) < 4.78 is 3.45. The summed E-state index contributed by atoms with van der Waals surface area (Å²) in [6.45, 7) is 0. The number of fused-ring (bicyclic) bond motifs is 1. The molecule has 0 aliphatic rings. The summed E-state index contributed by atoms with van der Waals surface area (Å²) in [6.07, 6.45) is 6.88. The standard InChI is InChI=1S/C11H10N6O/c12-10(15-18)8-2-1-6-16(8)11-9-3-4-14-17(9)7-5-13-11/h1-7,18H,(H2,12,15). The Morgan fingerprint density at radius 1 is 1.28 bits per heavy atom. The third-order valence-electron chi connectivity index (χ3n) is 2.65. The lowest BCUT2D eigenvalue weighted by Gasteiger charge is -2.08. The Labute approximate surface area is 102 Å². The van der Waals surface area contributed by atoms with E-state index >= 15 is 0 Å². The second-order valence-corrected chi connectivity index (χ2v) is 3.66. The van der Waals surface area contributed by atoms with E-state index in [-0.39, 0.29) is 5.84 Å². The molecule has 0 spiro atoms. The van der Waals surface area contributed by atoms with E-state index in [0.717, 1.165) is 5.52 Å². The molecule has 0 fully saturated rings. The van der Waals surface area contributed by atoms with Gasteiger partial charge in [0, 0.05) is 18.6 Å². The first-order chi connectivity index (χ1) is 8.81. The summed E-state index contributed by atoms with van der Waals surface area (Å²) in [5.74, 6) is 0.699. The van der Waals surface area contributed by atoms with Crippen LogP contribution in [0.15, 0.2) is 48.1 Å². The molecule has 0 unspecified atom stereocenters. The fourth-order valence-corrected chi connectivity index (χ4v) is 1.85. The number of amidine groups is 1. The van der Waals surface area contributed by atoms with Crippen LogP contribution in [-0.2, 0) is 0 Å². The highest BCUT2D eigenvalue weighted by atomic mass is 16.4. The molecule has 3 N–H and O–H groups in total. The van der Waals surface area contributed by atoms with E-state index in [1.165, 1.54) is 0 Å². The molecule has 90 valence electrons. The first-order valence-corrected chi connectivity index (χ1v) is 5.25. The quantitative estimate of drug-likeness (QED) is 0.298. The number of hydrogen-bond donors (Lipinski definition) is 2. The van der Waals surface area contributed by atoms with Crippen LogP contribution in [0.2, 0.25) is 0 Å². The fourth-order valence-electron chi connectivity index (χ4n) is 1.85. The molecule has 7 nitrogen and oxygen atoms in total. The van der Waals surface area contributed by atoms with E-state index < -0.39 is 0 Å². The van der Waals surface area contributed by atoms with Crippen LogP contribution in [0.1, 0.15) is 5.69 Å². The van der Waals surface area contributed by atoms with Gasteiger partial charge in [0.2, 0.25) is 0 Å². The summed E-state index contributed by atoms with van der Waals surface area (Å²) >= 11 is 0. The Bertz CT molecular complexity index is 726. The van der Waals surface area contributed by atoms with Gasteiger partial charge in [0.1, 0.15) is 5.52 Å². The van der Waals surface area contributed by atoms with Crippen molar-refractivity contribution in [1.82, 2.24) is 19.2 Å². The summed E-state index contributed by atoms with van der Waals surface area (Å²) in [4.78, 5) is 4.31. The smallest absolute Gasteiger partial charge is 0.187 e. The normalized spacial score (nSPS) is 12.1. The van der Waals surface area contributed by atoms with Crippen molar-refractivity contribution >= 4 is 11.4 Å². The van der Waals surface area contributed by atoms with Crippen LogP contribution in [0.25, 0.3) is 11.3 Å². The van der Waals surface area contributed by atoms with Gasteiger partial charge in [0.25, 0.3) is 0 Å². The number of oxime groups is 1. The van der Waals surface area contributed by atoms with Gasteiger partial charge in [-0.2, -0.15) is 5.10 Å². The third kappa shape index (κ3) is 1.41. The van der Waals surface area contributed by atoms with E-state index in [1.54, 1.807) is 46.0 Å². The van der Waals surface area contributed by atoms with Crippen LogP contribution in [0.5, 0.6) is 0 Å². The highest BCUT2D eigenvalue weighted by Gasteiger charge is 2.11. The maximum atomic E-state index is 8.76. The lowest BCUT2D eigenvalue weighted by atomic mass is 10.4. The molecule has 3 aromatic rings. The zero-order chi connectivity index (χ0) is 12.5. The van der Waals surface area contributed by atoms with E-state index in [1.807, 2.05) is 6.07 Å². The lowest BCUT2D eigenvalue weighted by Crippen LogP contribution is -2.18. The molecule has 3 aromatic heterocycles. The molecule has 18 heavy (non-hydrogen) atoms. The van der Waals surface area contributed by atoms with Crippen molar-refractivity contribution < 1.29 is 5.21 Å². The van der Waals surface area contributed by atoms with Crippen molar-refractivity contribution in [2.75, 3.05) is 0 Å². The van der Waals surface area contributed by atoms with Crippen molar-refractivity contribution in [2.45, 2.75) is 0 Å². The van der Waals surface area contributed by atoms with Gasteiger partial charge in [-0.15, -0.1) is 0 Å². The summed E-state index contributed by atoms with van der Waals surface area (Å²) in [5.41, 5.74) is 7.03. The molecular formula is C11H10N6O. The van der Waals surface area contributed by atoms with Gasteiger partial charge in [0.15, 0.2) is 11.7 Å². The van der Waals surface area contributed by atoms with Gasteiger partial charge in [-0.1, -0.05) is 5.16 Å². The molecule has 7 heteroatoms. The number of nitrogens with two attached hydrogens (primary N) is 1. The predicted molar refractivity (Wildman–Crippen MR) is 64.8 cm³/mol. The third-order valence-corrected chi connectivity index (χ3v) is 2.65. The van der Waals surface area contributed by atoms with Gasteiger partial charge in [-0.05, 0) is 18.2 Å². The van der Waals surface area contributed by atoms with Gasteiger partial charge >= 0.3 is 0 Å². The second-order valence-electron chi connectivity index (χ2n) is 3.66. The van der Waals surface area contributed by atoms with Crippen LogP contribution >= 0.6 is 0 Å². The largest absolute Gasteiger partial charge is 0.409 e. The maximum absolute atomic E-state index is 8.76. The second kappa shape index (κ2) is 3.88. The first kappa shape index (κ1) is 10.3. The molecule has 0 aromatic carbocycles. The average Bonchev–Trinajstić information content (AvgIpc) is 3.05. The van der Waals surface area contributed by atoms with Gasteiger partial charge in [0.05, 0.1) is 11.9 Å². The Morgan fingerprint density at radius 3 is 3.00 bits per heavy atom. The number of aromatic nitrogens is 4. The van der Waals surface area contributed by atoms with Gasteiger partial charge in [-0.25, -0.2) is 9.50 Å². The maximum Gasteiger partial charge on any atom is 0.187 e. The minimum absolute atomic E-state index is 0.0309. The average molecular weight is 242 g/mol. The van der Waals surface area contributed by atoms with E-state index in [4.69, 9.17) is 10.9 Å². The molecule has 0 aliphatic heterocycles. The molecule has 3 rings (SSSR count). The Balaban J connectivity index is 2.27. The lowest BCUT2D eigenvalue weighted by molar-refractivity contribution is 0.318. The topological polar surface area (TPSA) is 93.7 Å². The molecule has 0 saturated carbocycles. The number of nitrogens with zero attached hydrogens (tertiary/aromatic N) is 5. The Hall–Kier alpha value is -2.83. The van der Waals surface area contributed by atoms with Crippen molar-refractivity contribution in [2.24, 2.45) is 10.9 Å². The molecule has 0 saturated heterocycles. The summed E-state index contributed by atoms with van der Waals surface area (Å²) in [6, 6.07) is 5.39. The van der Waals surface area contributed by atoms with Gasteiger partial charge in [-0.3, -0.25) is 4.57 Å². The highest BCUT2D eigenvalue weighted by Crippen LogP contribution is 2.15. The van der Waals surface area contributed by atoms with Crippen molar-refractivity contribution in [3.8, 4) is 5.82 Å². The monoisotopic (exact) mass is 242 g/mol. The molecule has 0 aliphatic carbocycles. The molecule has 0 radical (unpaired) electrons.